The summed E-state index contributed by atoms with van der Waals surface area (Å²) >= 11 is 0. The fraction of sp³-hybridized carbons (Fsp3) is 0.207. The highest BCUT2D eigenvalue weighted by Crippen LogP contribution is 2.34. The molecule has 194 valence electrons. The standard InChI is InChI=1S/C29H30N6O3/c1-20(2)30-18-19-37-22-14-12-21(13-15-22)32-28-31-17-16-27(34-28)35-24-9-5-4-8-23(24)33-29(35)38-26-11-7-6-10-25(26)36-3/h4-17,20,30H,18-19H2,1-3H3,(H,31,32,34). The van der Waals surface area contributed by atoms with Crippen LogP contribution in [-0.2, 0) is 0 Å². The average Bonchev–Trinajstić information content (AvgIpc) is 3.30. The summed E-state index contributed by atoms with van der Waals surface area (Å²) in [6.45, 7) is 5.63. The summed E-state index contributed by atoms with van der Waals surface area (Å²) in [6, 6.07) is 25.6. The number of hydrogen-bond acceptors (Lipinski definition) is 8. The Kier molecular flexibility index (Phi) is 7.65. The van der Waals surface area contributed by atoms with Crippen molar-refractivity contribution in [3.8, 4) is 29.1 Å². The number of rotatable bonds is 11. The second-order valence-electron chi connectivity index (χ2n) is 8.82. The number of hydrogen-bond donors (Lipinski definition) is 2. The van der Waals surface area contributed by atoms with Crippen molar-refractivity contribution in [2.24, 2.45) is 0 Å². The van der Waals surface area contributed by atoms with E-state index in [9.17, 15) is 0 Å². The molecular formula is C29H30N6O3. The number of para-hydroxylation sites is 4. The van der Waals surface area contributed by atoms with Gasteiger partial charge in [-0.2, -0.15) is 9.97 Å². The minimum Gasteiger partial charge on any atom is -0.493 e. The van der Waals surface area contributed by atoms with E-state index in [-0.39, 0.29) is 0 Å². The van der Waals surface area contributed by atoms with Crippen molar-refractivity contribution >= 4 is 22.7 Å². The predicted octanol–water partition coefficient (Wildman–Crippen LogP) is 5.74. The van der Waals surface area contributed by atoms with E-state index in [2.05, 4.69) is 29.5 Å². The summed E-state index contributed by atoms with van der Waals surface area (Å²) in [6.07, 6.45) is 1.70. The van der Waals surface area contributed by atoms with Gasteiger partial charge in [0.15, 0.2) is 11.5 Å². The summed E-state index contributed by atoms with van der Waals surface area (Å²) in [5.41, 5.74) is 2.48. The molecule has 38 heavy (non-hydrogen) atoms. The fourth-order valence-corrected chi connectivity index (χ4v) is 3.91. The smallest absolute Gasteiger partial charge is 0.309 e. The van der Waals surface area contributed by atoms with Crippen LogP contribution in [0.5, 0.6) is 23.3 Å². The first-order valence-electron chi connectivity index (χ1n) is 12.5. The summed E-state index contributed by atoms with van der Waals surface area (Å²) in [7, 11) is 1.61. The maximum atomic E-state index is 6.22. The van der Waals surface area contributed by atoms with Gasteiger partial charge in [-0.25, -0.2) is 9.55 Å². The lowest BCUT2D eigenvalue weighted by Gasteiger charge is -2.13. The Morgan fingerprint density at radius 3 is 2.42 bits per heavy atom. The number of benzene rings is 3. The first kappa shape index (κ1) is 25.0. The summed E-state index contributed by atoms with van der Waals surface area (Å²) in [4.78, 5) is 13.9. The third-order valence-corrected chi connectivity index (χ3v) is 5.70. The molecule has 3 aromatic carbocycles. The molecule has 0 bridgehead atoms. The van der Waals surface area contributed by atoms with Crippen LogP contribution in [0.3, 0.4) is 0 Å². The Bertz CT molecular complexity index is 1500. The number of nitrogens with one attached hydrogen (secondary N) is 2. The lowest BCUT2D eigenvalue weighted by Crippen LogP contribution is -2.27. The number of anilines is 2. The molecular weight excluding hydrogens is 480 g/mol. The van der Waals surface area contributed by atoms with E-state index in [0.29, 0.717) is 41.9 Å². The van der Waals surface area contributed by atoms with Gasteiger partial charge in [0, 0.05) is 30.5 Å². The Hall–Kier alpha value is -4.63. The van der Waals surface area contributed by atoms with E-state index in [0.717, 1.165) is 29.0 Å². The van der Waals surface area contributed by atoms with Crippen molar-refractivity contribution in [1.82, 2.24) is 24.8 Å². The van der Waals surface area contributed by atoms with E-state index >= 15 is 0 Å². The van der Waals surface area contributed by atoms with E-state index < -0.39 is 0 Å². The third kappa shape index (κ3) is 5.84. The third-order valence-electron chi connectivity index (χ3n) is 5.70. The van der Waals surface area contributed by atoms with Gasteiger partial charge in [-0.1, -0.05) is 38.1 Å². The number of methoxy groups -OCH3 is 1. The van der Waals surface area contributed by atoms with Crippen LogP contribution in [0.1, 0.15) is 13.8 Å². The molecule has 2 aromatic heterocycles. The number of nitrogens with zero attached hydrogens (tertiary/aromatic N) is 4. The largest absolute Gasteiger partial charge is 0.493 e. The molecule has 2 heterocycles. The van der Waals surface area contributed by atoms with Crippen LogP contribution in [-0.4, -0.2) is 45.8 Å². The van der Waals surface area contributed by atoms with Crippen LogP contribution < -0.4 is 24.8 Å². The first-order chi connectivity index (χ1) is 18.6. The zero-order valence-corrected chi connectivity index (χ0v) is 21.6. The van der Waals surface area contributed by atoms with Gasteiger partial charge in [-0.05, 0) is 48.5 Å². The zero-order valence-electron chi connectivity index (χ0n) is 21.6. The van der Waals surface area contributed by atoms with E-state index in [1.807, 2.05) is 83.4 Å². The SMILES string of the molecule is COc1ccccc1Oc1nc2ccccc2n1-c1ccnc(Nc2ccc(OCCNC(C)C)cc2)n1. The maximum Gasteiger partial charge on any atom is 0.309 e. The first-order valence-corrected chi connectivity index (χ1v) is 12.5. The number of imidazole rings is 1. The van der Waals surface area contributed by atoms with Crippen molar-refractivity contribution in [1.29, 1.82) is 0 Å². The Balaban J connectivity index is 1.38. The summed E-state index contributed by atoms with van der Waals surface area (Å²) in [5, 5.41) is 6.60. The lowest BCUT2D eigenvalue weighted by atomic mass is 10.3. The molecule has 0 radical (unpaired) electrons. The molecule has 0 aliphatic carbocycles. The highest BCUT2D eigenvalue weighted by molar-refractivity contribution is 5.79. The van der Waals surface area contributed by atoms with Gasteiger partial charge in [0.25, 0.3) is 0 Å². The molecule has 0 spiro atoms. The molecule has 0 atom stereocenters. The maximum absolute atomic E-state index is 6.22. The highest BCUT2D eigenvalue weighted by atomic mass is 16.5. The van der Waals surface area contributed by atoms with Crippen molar-refractivity contribution in [3.05, 3.63) is 85.1 Å². The normalized spacial score (nSPS) is 11.1. The highest BCUT2D eigenvalue weighted by Gasteiger charge is 2.17. The van der Waals surface area contributed by atoms with Crippen molar-refractivity contribution in [3.63, 3.8) is 0 Å². The Morgan fingerprint density at radius 1 is 0.868 bits per heavy atom. The van der Waals surface area contributed by atoms with E-state index in [4.69, 9.17) is 24.2 Å². The van der Waals surface area contributed by atoms with E-state index in [1.165, 1.54) is 0 Å². The molecule has 0 fully saturated rings. The molecule has 5 aromatic rings. The molecule has 0 aliphatic heterocycles. The molecule has 0 saturated carbocycles. The number of fused-ring (bicyclic) bond motifs is 1. The van der Waals surface area contributed by atoms with Crippen LogP contribution in [0.2, 0.25) is 0 Å². The van der Waals surface area contributed by atoms with Crippen molar-refractivity contribution in [2.75, 3.05) is 25.6 Å². The van der Waals surface area contributed by atoms with Gasteiger partial charge in [0.1, 0.15) is 18.2 Å². The second-order valence-corrected chi connectivity index (χ2v) is 8.82. The Labute approximate surface area is 221 Å². The topological polar surface area (TPSA) is 95.4 Å². The minimum absolute atomic E-state index is 0.369. The van der Waals surface area contributed by atoms with Crippen LogP contribution >= 0.6 is 0 Å². The molecule has 0 saturated heterocycles. The van der Waals surface area contributed by atoms with Gasteiger partial charge < -0.3 is 24.8 Å². The van der Waals surface area contributed by atoms with E-state index in [1.54, 1.807) is 13.3 Å². The van der Waals surface area contributed by atoms with Crippen LogP contribution in [0.4, 0.5) is 11.6 Å². The molecule has 0 amide bonds. The van der Waals surface area contributed by atoms with Gasteiger partial charge >= 0.3 is 6.01 Å². The minimum atomic E-state index is 0.369. The van der Waals surface area contributed by atoms with Crippen molar-refractivity contribution in [2.45, 2.75) is 19.9 Å². The Morgan fingerprint density at radius 2 is 1.63 bits per heavy atom. The lowest BCUT2D eigenvalue weighted by molar-refractivity contribution is 0.309. The predicted molar refractivity (Wildman–Crippen MR) is 148 cm³/mol. The van der Waals surface area contributed by atoms with Gasteiger partial charge in [-0.15, -0.1) is 0 Å². The average molecular weight is 511 g/mol. The monoisotopic (exact) mass is 510 g/mol. The van der Waals surface area contributed by atoms with Crippen molar-refractivity contribution < 1.29 is 14.2 Å². The molecule has 9 heteroatoms. The molecule has 0 aliphatic rings. The second kappa shape index (κ2) is 11.6. The summed E-state index contributed by atoms with van der Waals surface area (Å²) in [5.74, 6) is 3.02. The fourth-order valence-electron chi connectivity index (χ4n) is 3.91. The zero-order chi connectivity index (χ0) is 26.3. The molecule has 5 rings (SSSR count). The van der Waals surface area contributed by atoms with Gasteiger partial charge in [0.2, 0.25) is 5.95 Å². The van der Waals surface area contributed by atoms with Crippen LogP contribution in [0.25, 0.3) is 16.9 Å². The summed E-state index contributed by atoms with van der Waals surface area (Å²) < 4.78 is 19.3. The van der Waals surface area contributed by atoms with Crippen LogP contribution in [0, 0.1) is 0 Å². The number of aromatic nitrogens is 4. The van der Waals surface area contributed by atoms with Gasteiger partial charge in [-0.3, -0.25) is 0 Å². The molecule has 9 nitrogen and oxygen atoms in total. The number of ether oxygens (including phenoxy) is 3. The van der Waals surface area contributed by atoms with Crippen LogP contribution in [0.15, 0.2) is 85.1 Å². The molecule has 2 N–H and O–H groups in total. The molecule has 0 unspecified atom stereocenters. The van der Waals surface area contributed by atoms with Gasteiger partial charge in [0.05, 0.1) is 18.1 Å². The quantitative estimate of drug-likeness (QED) is 0.217.